The second-order valence-electron chi connectivity index (χ2n) is 6.46. The molecule has 1 heterocycles. The topological polar surface area (TPSA) is 56.2 Å². The number of imidazole rings is 1. The first-order chi connectivity index (χ1) is 13.1. The van der Waals surface area contributed by atoms with Crippen molar-refractivity contribution in [3.8, 4) is 16.9 Å². The van der Waals surface area contributed by atoms with Gasteiger partial charge in [0.2, 0.25) is 0 Å². The van der Waals surface area contributed by atoms with Gasteiger partial charge in [-0.15, -0.1) is 0 Å². The van der Waals surface area contributed by atoms with Crippen molar-refractivity contribution >= 4 is 5.91 Å². The van der Waals surface area contributed by atoms with Crippen LogP contribution in [-0.4, -0.2) is 28.1 Å². The van der Waals surface area contributed by atoms with Crippen molar-refractivity contribution in [3.63, 3.8) is 0 Å². The molecule has 5 nitrogen and oxygen atoms in total. The van der Waals surface area contributed by atoms with E-state index in [-0.39, 0.29) is 5.91 Å². The Morgan fingerprint density at radius 1 is 1.11 bits per heavy atom. The normalized spacial score (nSPS) is 11.8. The number of amides is 1. The van der Waals surface area contributed by atoms with Crippen LogP contribution in [0.3, 0.4) is 0 Å². The zero-order chi connectivity index (χ0) is 19.1. The van der Waals surface area contributed by atoms with Gasteiger partial charge in [-0.25, -0.2) is 4.98 Å². The number of nitrogens with zero attached hydrogens (tertiary/aromatic N) is 2. The van der Waals surface area contributed by atoms with E-state index < -0.39 is 6.10 Å². The van der Waals surface area contributed by atoms with Crippen molar-refractivity contribution in [2.45, 2.75) is 32.9 Å². The quantitative estimate of drug-likeness (QED) is 0.619. The minimum absolute atomic E-state index is 0.107. The number of aromatic nitrogens is 2. The number of benzene rings is 2. The smallest absolute Gasteiger partial charge is 0.260 e. The van der Waals surface area contributed by atoms with Crippen molar-refractivity contribution in [2.24, 2.45) is 0 Å². The Bertz CT molecular complexity index is 857. The minimum atomic E-state index is -0.539. The van der Waals surface area contributed by atoms with E-state index >= 15 is 0 Å². The van der Waals surface area contributed by atoms with Crippen LogP contribution in [0.25, 0.3) is 11.1 Å². The highest BCUT2D eigenvalue weighted by molar-refractivity contribution is 5.80. The Balaban J connectivity index is 1.44. The summed E-state index contributed by atoms with van der Waals surface area (Å²) >= 11 is 0. The Hall–Kier alpha value is -3.08. The Morgan fingerprint density at radius 3 is 2.48 bits per heavy atom. The first kappa shape index (κ1) is 18.7. The van der Waals surface area contributed by atoms with Gasteiger partial charge in [0, 0.05) is 25.5 Å². The molecule has 1 N–H and O–H groups in total. The van der Waals surface area contributed by atoms with E-state index in [9.17, 15) is 4.79 Å². The van der Waals surface area contributed by atoms with Gasteiger partial charge in [-0.1, -0.05) is 42.5 Å². The van der Waals surface area contributed by atoms with E-state index in [1.807, 2.05) is 55.6 Å². The third-order valence-electron chi connectivity index (χ3n) is 4.44. The predicted octanol–water partition coefficient (Wildman–Crippen LogP) is 3.83. The molecule has 0 fully saturated rings. The van der Waals surface area contributed by atoms with E-state index in [1.54, 1.807) is 13.1 Å². The summed E-state index contributed by atoms with van der Waals surface area (Å²) < 4.78 is 7.83. The Kier molecular flexibility index (Phi) is 6.26. The van der Waals surface area contributed by atoms with E-state index in [4.69, 9.17) is 4.74 Å². The second-order valence-corrected chi connectivity index (χ2v) is 6.46. The third kappa shape index (κ3) is 5.20. The molecule has 2 aromatic carbocycles. The first-order valence-electron chi connectivity index (χ1n) is 9.21. The highest BCUT2D eigenvalue weighted by Crippen LogP contribution is 2.22. The molecule has 1 atom stereocenters. The Labute approximate surface area is 160 Å². The standard InChI is InChI=1S/C22H25N3O2/c1-17(22(26)24-13-6-15-25-16-14-23-18(25)2)27-21-11-9-20(10-12-21)19-7-4-3-5-8-19/h3-5,7-12,14,16-17H,6,13,15H2,1-2H3,(H,24,26). The van der Waals surface area contributed by atoms with Gasteiger partial charge in [-0.3, -0.25) is 4.79 Å². The third-order valence-corrected chi connectivity index (χ3v) is 4.44. The number of hydrogen-bond acceptors (Lipinski definition) is 3. The van der Waals surface area contributed by atoms with Crippen LogP contribution in [0.4, 0.5) is 0 Å². The van der Waals surface area contributed by atoms with Crippen LogP contribution < -0.4 is 10.1 Å². The molecule has 5 heteroatoms. The summed E-state index contributed by atoms with van der Waals surface area (Å²) in [6, 6.07) is 18.0. The summed E-state index contributed by atoms with van der Waals surface area (Å²) in [4.78, 5) is 16.4. The molecule has 3 rings (SSSR count). The van der Waals surface area contributed by atoms with Gasteiger partial charge in [-0.2, -0.15) is 0 Å². The molecule has 0 aliphatic carbocycles. The molecule has 3 aromatic rings. The predicted molar refractivity (Wildman–Crippen MR) is 107 cm³/mol. The van der Waals surface area contributed by atoms with Gasteiger partial charge in [0.1, 0.15) is 11.6 Å². The van der Waals surface area contributed by atoms with E-state index in [1.165, 1.54) is 0 Å². The second kappa shape index (κ2) is 9.03. The fourth-order valence-corrected chi connectivity index (χ4v) is 2.86. The number of nitrogens with one attached hydrogen (secondary N) is 1. The van der Waals surface area contributed by atoms with E-state index in [2.05, 4.69) is 27.0 Å². The van der Waals surface area contributed by atoms with Crippen LogP contribution >= 0.6 is 0 Å². The molecular formula is C22H25N3O2. The molecule has 1 amide bonds. The van der Waals surface area contributed by atoms with Gasteiger partial charge in [0.25, 0.3) is 5.91 Å². The highest BCUT2D eigenvalue weighted by atomic mass is 16.5. The zero-order valence-electron chi connectivity index (χ0n) is 15.8. The molecule has 0 spiro atoms. The summed E-state index contributed by atoms with van der Waals surface area (Å²) in [7, 11) is 0. The number of hydrogen-bond donors (Lipinski definition) is 1. The van der Waals surface area contributed by atoms with Gasteiger partial charge in [-0.05, 0) is 43.5 Å². The molecule has 0 bridgehead atoms. The van der Waals surface area contributed by atoms with E-state index in [0.717, 1.165) is 29.9 Å². The van der Waals surface area contributed by atoms with Crippen molar-refractivity contribution < 1.29 is 9.53 Å². The fraction of sp³-hybridized carbons (Fsp3) is 0.273. The average molecular weight is 363 g/mol. The van der Waals surface area contributed by atoms with Crippen molar-refractivity contribution in [3.05, 3.63) is 72.8 Å². The summed E-state index contributed by atoms with van der Waals surface area (Å²) in [5.41, 5.74) is 2.28. The van der Waals surface area contributed by atoms with Crippen LogP contribution in [0.5, 0.6) is 5.75 Å². The van der Waals surface area contributed by atoms with Crippen LogP contribution in [0.1, 0.15) is 19.2 Å². The zero-order valence-corrected chi connectivity index (χ0v) is 15.8. The highest BCUT2D eigenvalue weighted by Gasteiger charge is 2.14. The molecule has 0 saturated carbocycles. The van der Waals surface area contributed by atoms with Gasteiger partial charge in [0.15, 0.2) is 6.10 Å². The lowest BCUT2D eigenvalue weighted by atomic mass is 10.1. The lowest BCUT2D eigenvalue weighted by molar-refractivity contribution is -0.127. The number of aryl methyl sites for hydroxylation is 2. The molecule has 1 aromatic heterocycles. The maximum absolute atomic E-state index is 12.2. The lowest BCUT2D eigenvalue weighted by Gasteiger charge is -2.15. The van der Waals surface area contributed by atoms with Crippen molar-refractivity contribution in [1.82, 2.24) is 14.9 Å². The van der Waals surface area contributed by atoms with Crippen LogP contribution in [-0.2, 0) is 11.3 Å². The van der Waals surface area contributed by atoms with E-state index in [0.29, 0.717) is 12.3 Å². The molecule has 0 aliphatic heterocycles. The molecule has 140 valence electrons. The SMILES string of the molecule is Cc1nccn1CCCNC(=O)C(C)Oc1ccc(-c2ccccc2)cc1. The monoisotopic (exact) mass is 363 g/mol. The lowest BCUT2D eigenvalue weighted by Crippen LogP contribution is -2.37. The van der Waals surface area contributed by atoms with Gasteiger partial charge in [0.05, 0.1) is 0 Å². The molecule has 0 saturated heterocycles. The molecule has 0 aliphatic rings. The maximum Gasteiger partial charge on any atom is 0.260 e. The fourth-order valence-electron chi connectivity index (χ4n) is 2.86. The largest absolute Gasteiger partial charge is 0.481 e. The summed E-state index contributed by atoms with van der Waals surface area (Å²) in [6.45, 7) is 5.18. The number of carbonyl (C=O) groups is 1. The average Bonchev–Trinajstić information content (AvgIpc) is 3.11. The molecular weight excluding hydrogens is 338 g/mol. The molecule has 27 heavy (non-hydrogen) atoms. The van der Waals surface area contributed by atoms with Crippen LogP contribution in [0.2, 0.25) is 0 Å². The first-order valence-corrected chi connectivity index (χ1v) is 9.21. The summed E-state index contributed by atoms with van der Waals surface area (Å²) in [5, 5.41) is 2.92. The minimum Gasteiger partial charge on any atom is -0.481 e. The van der Waals surface area contributed by atoms with Gasteiger partial charge >= 0.3 is 0 Å². The van der Waals surface area contributed by atoms with Crippen LogP contribution in [0, 0.1) is 6.92 Å². The Morgan fingerprint density at radius 2 is 1.81 bits per heavy atom. The number of carbonyl (C=O) groups excluding carboxylic acids is 1. The van der Waals surface area contributed by atoms with Crippen molar-refractivity contribution in [1.29, 1.82) is 0 Å². The summed E-state index contributed by atoms with van der Waals surface area (Å²) in [6.07, 6.45) is 4.04. The number of ether oxygens (including phenoxy) is 1. The number of rotatable bonds is 8. The summed E-state index contributed by atoms with van der Waals surface area (Å²) in [5.74, 6) is 1.56. The maximum atomic E-state index is 12.2. The van der Waals surface area contributed by atoms with Crippen LogP contribution in [0.15, 0.2) is 67.0 Å². The van der Waals surface area contributed by atoms with Gasteiger partial charge < -0.3 is 14.6 Å². The molecule has 0 radical (unpaired) electrons. The molecule has 1 unspecified atom stereocenters. The van der Waals surface area contributed by atoms with Crippen molar-refractivity contribution in [2.75, 3.05) is 6.54 Å².